The van der Waals surface area contributed by atoms with Crippen molar-refractivity contribution in [2.45, 2.75) is 31.6 Å². The van der Waals surface area contributed by atoms with E-state index in [1.54, 1.807) is 12.1 Å². The molecule has 0 aliphatic carbocycles. The summed E-state index contributed by atoms with van der Waals surface area (Å²) in [4.78, 5) is 12.6. The van der Waals surface area contributed by atoms with E-state index in [0.29, 0.717) is 44.1 Å². The van der Waals surface area contributed by atoms with Crippen LogP contribution in [-0.2, 0) is 29.6 Å². The van der Waals surface area contributed by atoms with Gasteiger partial charge in [-0.1, -0.05) is 12.1 Å². The third-order valence-corrected chi connectivity index (χ3v) is 8.64. The molecule has 3 rings (SSSR count). The number of nitrogens with zero attached hydrogens (tertiary/aromatic N) is 2. The Kier molecular flexibility index (Phi) is 8.34. The first-order valence-corrected chi connectivity index (χ1v) is 14.3. The summed E-state index contributed by atoms with van der Waals surface area (Å²) >= 11 is 0. The summed E-state index contributed by atoms with van der Waals surface area (Å²) in [5, 5.41) is 2.74. The fourth-order valence-electron chi connectivity index (χ4n) is 3.71. The molecule has 34 heavy (non-hydrogen) atoms. The average Bonchev–Trinajstić information content (AvgIpc) is 2.79. The number of rotatable bonds is 9. The third-order valence-electron chi connectivity index (χ3n) is 5.54. The van der Waals surface area contributed by atoms with Gasteiger partial charge in [0, 0.05) is 31.7 Å². The van der Waals surface area contributed by atoms with Crippen molar-refractivity contribution in [1.29, 1.82) is 0 Å². The molecular weight excluding hydrogens is 478 g/mol. The molecule has 9 nitrogen and oxygen atoms in total. The molecule has 11 heteroatoms. The molecule has 1 heterocycles. The van der Waals surface area contributed by atoms with Gasteiger partial charge in [-0.05, 0) is 61.7 Å². The maximum Gasteiger partial charge on any atom is 0.243 e. The van der Waals surface area contributed by atoms with Gasteiger partial charge in [0.25, 0.3) is 0 Å². The molecule has 0 aromatic heterocycles. The van der Waals surface area contributed by atoms with Crippen LogP contribution >= 0.6 is 0 Å². The number of aryl methyl sites for hydroxylation is 2. The van der Waals surface area contributed by atoms with E-state index in [2.05, 4.69) is 5.32 Å². The summed E-state index contributed by atoms with van der Waals surface area (Å²) < 4.78 is 58.0. The standard InChI is InChI=1S/C23H31N3O6S2/c1-18-6-7-19(2)22(17-18)26(33(3,28)29)12-4-5-23(27)24-20-8-10-21(11-9-20)34(30,31)25-13-15-32-16-14-25/h6-11,17H,4-5,12-16H2,1-3H3,(H,24,27). The molecule has 1 amide bonds. The summed E-state index contributed by atoms with van der Waals surface area (Å²) in [6.45, 7) is 5.28. The Morgan fingerprint density at radius 1 is 1.03 bits per heavy atom. The zero-order chi connectivity index (χ0) is 24.9. The van der Waals surface area contributed by atoms with Gasteiger partial charge in [-0.15, -0.1) is 0 Å². The zero-order valence-electron chi connectivity index (χ0n) is 19.7. The van der Waals surface area contributed by atoms with Gasteiger partial charge >= 0.3 is 0 Å². The largest absolute Gasteiger partial charge is 0.379 e. The summed E-state index contributed by atoms with van der Waals surface area (Å²) in [5.41, 5.74) is 2.87. The van der Waals surface area contributed by atoms with Crippen LogP contribution in [0.5, 0.6) is 0 Å². The van der Waals surface area contributed by atoms with Gasteiger partial charge in [0.05, 0.1) is 30.1 Å². The monoisotopic (exact) mass is 509 g/mol. The molecule has 2 aromatic carbocycles. The number of carbonyl (C=O) groups is 1. The fraction of sp³-hybridized carbons (Fsp3) is 0.435. The van der Waals surface area contributed by atoms with Gasteiger partial charge in [-0.2, -0.15) is 4.31 Å². The molecule has 1 saturated heterocycles. The zero-order valence-corrected chi connectivity index (χ0v) is 21.3. The number of anilines is 2. The second-order valence-corrected chi connectivity index (χ2v) is 12.2. The highest BCUT2D eigenvalue weighted by molar-refractivity contribution is 7.92. The van der Waals surface area contributed by atoms with Crippen molar-refractivity contribution >= 4 is 37.3 Å². The van der Waals surface area contributed by atoms with Crippen LogP contribution < -0.4 is 9.62 Å². The summed E-state index contributed by atoms with van der Waals surface area (Å²) in [6.07, 6.45) is 1.60. The van der Waals surface area contributed by atoms with Gasteiger partial charge in [0.2, 0.25) is 26.0 Å². The van der Waals surface area contributed by atoms with E-state index in [4.69, 9.17) is 4.74 Å². The topological polar surface area (TPSA) is 113 Å². The molecule has 0 spiro atoms. The number of carbonyl (C=O) groups excluding carboxylic acids is 1. The molecule has 0 bridgehead atoms. The highest BCUT2D eigenvalue weighted by Crippen LogP contribution is 2.25. The number of ether oxygens (including phenoxy) is 1. The van der Waals surface area contributed by atoms with Gasteiger partial charge in [0.1, 0.15) is 0 Å². The molecule has 2 aromatic rings. The van der Waals surface area contributed by atoms with E-state index < -0.39 is 20.0 Å². The number of morpholine rings is 1. The smallest absolute Gasteiger partial charge is 0.243 e. The Hall–Kier alpha value is -2.47. The van der Waals surface area contributed by atoms with E-state index >= 15 is 0 Å². The summed E-state index contributed by atoms with van der Waals surface area (Å²) in [7, 11) is -7.11. The van der Waals surface area contributed by atoms with Crippen LogP contribution in [0.3, 0.4) is 0 Å². The van der Waals surface area contributed by atoms with Crippen molar-refractivity contribution in [1.82, 2.24) is 4.31 Å². The lowest BCUT2D eigenvalue weighted by Crippen LogP contribution is -2.40. The van der Waals surface area contributed by atoms with Gasteiger partial charge in [0.15, 0.2) is 0 Å². The minimum atomic E-state index is -3.60. The van der Waals surface area contributed by atoms with Crippen molar-refractivity contribution < 1.29 is 26.4 Å². The van der Waals surface area contributed by atoms with Crippen molar-refractivity contribution in [2.75, 3.05) is 48.7 Å². The maximum atomic E-state index is 12.7. The third kappa shape index (κ3) is 6.56. The van der Waals surface area contributed by atoms with E-state index in [1.807, 2.05) is 32.0 Å². The van der Waals surface area contributed by atoms with Crippen LogP contribution in [0.4, 0.5) is 11.4 Å². The number of amides is 1. The number of sulfonamides is 2. The van der Waals surface area contributed by atoms with E-state index in [1.165, 1.54) is 20.7 Å². The Morgan fingerprint density at radius 3 is 2.29 bits per heavy atom. The first-order valence-electron chi connectivity index (χ1n) is 11.0. The molecular formula is C23H31N3O6S2. The first-order chi connectivity index (χ1) is 16.0. The minimum Gasteiger partial charge on any atom is -0.379 e. The molecule has 0 unspecified atom stereocenters. The molecule has 1 N–H and O–H groups in total. The minimum absolute atomic E-state index is 0.116. The van der Waals surface area contributed by atoms with Gasteiger partial charge in [-0.3, -0.25) is 9.10 Å². The molecule has 1 aliphatic rings. The number of benzene rings is 2. The van der Waals surface area contributed by atoms with E-state index in [-0.39, 0.29) is 23.8 Å². The van der Waals surface area contributed by atoms with Crippen molar-refractivity contribution in [2.24, 2.45) is 0 Å². The summed E-state index contributed by atoms with van der Waals surface area (Å²) in [6, 6.07) is 11.6. The average molecular weight is 510 g/mol. The van der Waals surface area contributed by atoms with Gasteiger partial charge < -0.3 is 10.1 Å². The van der Waals surface area contributed by atoms with Crippen LogP contribution in [0.1, 0.15) is 24.0 Å². The molecule has 0 atom stereocenters. The molecule has 0 radical (unpaired) electrons. The Labute approximate surface area is 201 Å². The molecule has 1 fully saturated rings. The Bertz CT molecular complexity index is 1220. The van der Waals surface area contributed by atoms with Gasteiger partial charge in [-0.25, -0.2) is 16.8 Å². The van der Waals surface area contributed by atoms with Crippen molar-refractivity contribution in [3.8, 4) is 0 Å². The second-order valence-electron chi connectivity index (χ2n) is 8.32. The van der Waals surface area contributed by atoms with Crippen LogP contribution in [-0.4, -0.2) is 66.2 Å². The van der Waals surface area contributed by atoms with Crippen molar-refractivity contribution in [3.05, 3.63) is 53.6 Å². The van der Waals surface area contributed by atoms with Crippen LogP contribution in [0, 0.1) is 13.8 Å². The van der Waals surface area contributed by atoms with E-state index in [0.717, 1.165) is 17.4 Å². The molecule has 1 aliphatic heterocycles. The lowest BCUT2D eigenvalue weighted by Gasteiger charge is -2.26. The van der Waals surface area contributed by atoms with Crippen LogP contribution in [0.25, 0.3) is 0 Å². The highest BCUT2D eigenvalue weighted by atomic mass is 32.2. The number of hydrogen-bond acceptors (Lipinski definition) is 6. The highest BCUT2D eigenvalue weighted by Gasteiger charge is 2.26. The summed E-state index contributed by atoms with van der Waals surface area (Å²) in [5.74, 6) is -0.279. The maximum absolute atomic E-state index is 12.7. The fourth-order valence-corrected chi connectivity index (χ4v) is 6.13. The first kappa shape index (κ1) is 26.1. The Balaban J connectivity index is 1.58. The predicted octanol–water partition coefficient (Wildman–Crippen LogP) is 2.51. The quantitative estimate of drug-likeness (QED) is 0.556. The number of hydrogen-bond donors (Lipinski definition) is 1. The van der Waals surface area contributed by atoms with Crippen LogP contribution in [0.2, 0.25) is 0 Å². The Morgan fingerprint density at radius 2 is 1.68 bits per heavy atom. The number of nitrogens with one attached hydrogen (secondary N) is 1. The second kappa shape index (κ2) is 10.9. The lowest BCUT2D eigenvalue weighted by atomic mass is 10.1. The normalized spacial score (nSPS) is 15.1. The molecule has 186 valence electrons. The SMILES string of the molecule is Cc1ccc(C)c(N(CCCC(=O)Nc2ccc(S(=O)(=O)N3CCOCC3)cc2)S(C)(=O)=O)c1. The van der Waals surface area contributed by atoms with Crippen LogP contribution in [0.15, 0.2) is 47.4 Å². The lowest BCUT2D eigenvalue weighted by molar-refractivity contribution is -0.116. The molecule has 0 saturated carbocycles. The van der Waals surface area contributed by atoms with E-state index in [9.17, 15) is 21.6 Å². The predicted molar refractivity (Wildman–Crippen MR) is 132 cm³/mol. The van der Waals surface area contributed by atoms with Crippen molar-refractivity contribution in [3.63, 3.8) is 0 Å².